The Bertz CT molecular complexity index is 309. The van der Waals surface area contributed by atoms with Crippen molar-refractivity contribution in [3.63, 3.8) is 0 Å². The highest BCUT2D eigenvalue weighted by Crippen LogP contribution is 2.45. The van der Waals surface area contributed by atoms with Crippen LogP contribution in [0.5, 0.6) is 0 Å². The second kappa shape index (κ2) is 5.19. The molecule has 0 saturated carbocycles. The molecule has 1 fully saturated rings. The van der Waals surface area contributed by atoms with E-state index >= 15 is 0 Å². The molecular weight excluding hydrogens is 214 g/mol. The maximum Gasteiger partial charge on any atom is 0.233 e. The van der Waals surface area contributed by atoms with E-state index in [1.165, 1.54) is 0 Å². The number of rotatable bonds is 5. The first-order valence-electron chi connectivity index (χ1n) is 6.68. The molecule has 0 aromatic heterocycles. The van der Waals surface area contributed by atoms with Crippen LogP contribution in [-0.2, 0) is 9.59 Å². The first-order valence-corrected chi connectivity index (χ1v) is 6.68. The summed E-state index contributed by atoms with van der Waals surface area (Å²) in [6.45, 7) is 8.68. The lowest BCUT2D eigenvalue weighted by molar-refractivity contribution is -0.152. The molecule has 1 saturated heterocycles. The van der Waals surface area contributed by atoms with Gasteiger partial charge in [0, 0.05) is 13.0 Å². The van der Waals surface area contributed by atoms with Gasteiger partial charge in [-0.1, -0.05) is 33.6 Å². The Balaban J connectivity index is 2.81. The van der Waals surface area contributed by atoms with Crippen molar-refractivity contribution in [1.29, 1.82) is 0 Å². The van der Waals surface area contributed by atoms with E-state index in [4.69, 9.17) is 0 Å². The molecule has 0 spiro atoms. The number of hydrogen-bond donors (Lipinski definition) is 1. The quantitative estimate of drug-likeness (QED) is 0.592. The summed E-state index contributed by atoms with van der Waals surface area (Å²) in [6.07, 6.45) is 4.45. The lowest BCUT2D eigenvalue weighted by atomic mass is 9.59. The zero-order valence-corrected chi connectivity index (χ0v) is 11.6. The normalized spacial score (nSPS) is 27.6. The smallest absolute Gasteiger partial charge is 0.233 e. The summed E-state index contributed by atoms with van der Waals surface area (Å²) < 4.78 is 0. The topological polar surface area (TPSA) is 46.2 Å². The van der Waals surface area contributed by atoms with Gasteiger partial charge in [0.2, 0.25) is 5.91 Å². The summed E-state index contributed by atoms with van der Waals surface area (Å²) in [7, 11) is 0. The van der Waals surface area contributed by atoms with Gasteiger partial charge in [0.15, 0.2) is 0 Å². The second-order valence-corrected chi connectivity index (χ2v) is 5.90. The van der Waals surface area contributed by atoms with Crippen LogP contribution >= 0.6 is 0 Å². The van der Waals surface area contributed by atoms with Crippen LogP contribution in [0.2, 0.25) is 0 Å². The molecule has 0 aromatic rings. The van der Waals surface area contributed by atoms with Crippen molar-refractivity contribution < 1.29 is 9.59 Å². The Kier molecular flexibility index (Phi) is 4.34. The van der Waals surface area contributed by atoms with E-state index in [0.29, 0.717) is 13.0 Å². The molecule has 1 heterocycles. The zero-order chi connectivity index (χ0) is 13.1. The van der Waals surface area contributed by atoms with E-state index in [-0.39, 0.29) is 17.1 Å². The van der Waals surface area contributed by atoms with Crippen LogP contribution in [0.25, 0.3) is 0 Å². The second-order valence-electron chi connectivity index (χ2n) is 5.90. The Morgan fingerprint density at radius 1 is 1.29 bits per heavy atom. The lowest BCUT2D eigenvalue weighted by Crippen LogP contribution is -2.58. The standard InChI is InChI=1S/C14H25NO2/c1-5-6-7-8-11(16)14(4)12(17)15-10-9-13(14,2)3/h5-10H2,1-4H3,(H,15,17). The number of hydrogen-bond acceptors (Lipinski definition) is 2. The van der Waals surface area contributed by atoms with Crippen LogP contribution in [0, 0.1) is 10.8 Å². The number of carbonyl (C=O) groups is 2. The van der Waals surface area contributed by atoms with Crippen molar-refractivity contribution in [3.8, 4) is 0 Å². The van der Waals surface area contributed by atoms with E-state index in [1.807, 2.05) is 20.8 Å². The van der Waals surface area contributed by atoms with E-state index in [2.05, 4.69) is 12.2 Å². The molecule has 1 aliphatic heterocycles. The minimum absolute atomic E-state index is 0.0877. The van der Waals surface area contributed by atoms with E-state index in [1.54, 1.807) is 0 Å². The van der Waals surface area contributed by atoms with Crippen LogP contribution in [0.4, 0.5) is 0 Å². The van der Waals surface area contributed by atoms with Crippen molar-refractivity contribution >= 4 is 11.7 Å². The fraction of sp³-hybridized carbons (Fsp3) is 0.857. The van der Waals surface area contributed by atoms with Gasteiger partial charge in [0.1, 0.15) is 11.2 Å². The molecule has 1 rings (SSSR count). The van der Waals surface area contributed by atoms with E-state index in [9.17, 15) is 9.59 Å². The number of ketones is 1. The molecular formula is C14H25NO2. The highest BCUT2D eigenvalue weighted by Gasteiger charge is 2.53. The Hall–Kier alpha value is -0.860. The van der Waals surface area contributed by atoms with Gasteiger partial charge in [0.25, 0.3) is 0 Å². The number of amides is 1. The van der Waals surface area contributed by atoms with Gasteiger partial charge in [-0.15, -0.1) is 0 Å². The molecule has 1 N–H and O–H groups in total. The van der Waals surface area contributed by atoms with Crippen LogP contribution < -0.4 is 5.32 Å². The third-order valence-corrected chi connectivity index (χ3v) is 4.41. The Labute approximate surface area is 104 Å². The molecule has 3 nitrogen and oxygen atoms in total. The summed E-state index contributed by atoms with van der Waals surface area (Å²) in [5.74, 6) is 0.0170. The van der Waals surface area contributed by atoms with Crippen molar-refractivity contribution in [3.05, 3.63) is 0 Å². The Morgan fingerprint density at radius 3 is 2.47 bits per heavy atom. The Morgan fingerprint density at radius 2 is 1.94 bits per heavy atom. The molecule has 3 heteroatoms. The maximum atomic E-state index is 12.4. The summed E-state index contributed by atoms with van der Waals surface area (Å²) in [5.41, 5.74) is -1.09. The highest BCUT2D eigenvalue weighted by atomic mass is 16.2. The maximum absolute atomic E-state index is 12.4. The summed E-state index contributed by atoms with van der Waals surface area (Å²) in [5, 5.41) is 2.84. The predicted octanol–water partition coefficient (Wildman–Crippen LogP) is 2.69. The number of piperidine rings is 1. The van der Waals surface area contributed by atoms with Gasteiger partial charge in [-0.2, -0.15) is 0 Å². The fourth-order valence-electron chi connectivity index (χ4n) is 2.51. The van der Waals surface area contributed by atoms with Gasteiger partial charge in [-0.25, -0.2) is 0 Å². The van der Waals surface area contributed by atoms with Crippen molar-refractivity contribution in [2.75, 3.05) is 6.54 Å². The van der Waals surface area contributed by atoms with Gasteiger partial charge in [-0.05, 0) is 25.2 Å². The molecule has 1 unspecified atom stereocenters. The van der Waals surface area contributed by atoms with Crippen LogP contribution in [0.3, 0.4) is 0 Å². The molecule has 0 aliphatic carbocycles. The monoisotopic (exact) mass is 239 g/mol. The molecule has 1 amide bonds. The molecule has 17 heavy (non-hydrogen) atoms. The van der Waals surface area contributed by atoms with Crippen molar-refractivity contribution in [2.24, 2.45) is 10.8 Å². The average molecular weight is 239 g/mol. The van der Waals surface area contributed by atoms with Crippen LogP contribution in [-0.4, -0.2) is 18.2 Å². The molecule has 1 atom stereocenters. The van der Waals surface area contributed by atoms with E-state index < -0.39 is 5.41 Å². The third kappa shape index (κ3) is 2.53. The van der Waals surface area contributed by atoms with Gasteiger partial charge in [0.05, 0.1) is 0 Å². The largest absolute Gasteiger partial charge is 0.355 e. The van der Waals surface area contributed by atoms with Gasteiger partial charge >= 0.3 is 0 Å². The predicted molar refractivity (Wildman–Crippen MR) is 68.7 cm³/mol. The number of carbonyl (C=O) groups excluding carboxylic acids is 2. The van der Waals surface area contributed by atoms with Crippen molar-refractivity contribution in [1.82, 2.24) is 5.32 Å². The summed E-state index contributed by atoms with van der Waals surface area (Å²) in [6, 6.07) is 0. The van der Waals surface area contributed by atoms with E-state index in [0.717, 1.165) is 25.7 Å². The molecule has 1 aliphatic rings. The van der Waals surface area contributed by atoms with Crippen molar-refractivity contribution in [2.45, 2.75) is 59.8 Å². The summed E-state index contributed by atoms with van der Waals surface area (Å²) >= 11 is 0. The number of Topliss-reactive ketones (excluding diaryl/α,β-unsaturated/α-hetero) is 1. The first kappa shape index (κ1) is 14.2. The van der Waals surface area contributed by atoms with Crippen LogP contribution in [0.15, 0.2) is 0 Å². The molecule has 0 bridgehead atoms. The van der Waals surface area contributed by atoms with Gasteiger partial charge in [-0.3, -0.25) is 9.59 Å². The molecule has 0 radical (unpaired) electrons. The minimum Gasteiger partial charge on any atom is -0.355 e. The highest BCUT2D eigenvalue weighted by molar-refractivity contribution is 6.07. The zero-order valence-electron chi connectivity index (χ0n) is 11.6. The minimum atomic E-state index is -0.848. The number of nitrogens with one attached hydrogen (secondary N) is 1. The molecule has 98 valence electrons. The average Bonchev–Trinajstić information content (AvgIpc) is 2.25. The SMILES string of the molecule is CCCCCC(=O)C1(C)C(=O)NCCC1(C)C. The fourth-order valence-corrected chi connectivity index (χ4v) is 2.51. The first-order chi connectivity index (χ1) is 7.86. The lowest BCUT2D eigenvalue weighted by Gasteiger charge is -2.45. The third-order valence-electron chi connectivity index (χ3n) is 4.41. The molecule has 0 aromatic carbocycles. The van der Waals surface area contributed by atoms with Crippen LogP contribution in [0.1, 0.15) is 59.8 Å². The van der Waals surface area contributed by atoms with Gasteiger partial charge < -0.3 is 5.32 Å². The number of unbranched alkanes of at least 4 members (excludes halogenated alkanes) is 2. The summed E-state index contributed by atoms with van der Waals surface area (Å²) in [4.78, 5) is 24.4.